The Labute approximate surface area is 108 Å². The van der Waals surface area contributed by atoms with Crippen LogP contribution in [0.1, 0.15) is 10.4 Å². The number of fused-ring (bicyclic) bond motifs is 1. The van der Waals surface area contributed by atoms with Gasteiger partial charge in [0.15, 0.2) is 0 Å². The number of halogens is 1. The van der Waals surface area contributed by atoms with E-state index in [0.29, 0.717) is 11.3 Å². The number of rotatable bonds is 2. The fourth-order valence-corrected chi connectivity index (χ4v) is 2.02. The molecule has 0 bridgehead atoms. The largest absolute Gasteiger partial charge is 0.365 e. The van der Waals surface area contributed by atoms with Gasteiger partial charge in [-0.25, -0.2) is 9.37 Å². The minimum Gasteiger partial charge on any atom is -0.365 e. The molecule has 94 valence electrons. The number of aromatic amines is 1. The van der Waals surface area contributed by atoms with Crippen molar-refractivity contribution in [2.45, 2.75) is 0 Å². The van der Waals surface area contributed by atoms with Gasteiger partial charge in [-0.1, -0.05) is 30.3 Å². The Morgan fingerprint density at radius 2 is 1.89 bits per heavy atom. The van der Waals surface area contributed by atoms with Crippen LogP contribution in [0.5, 0.6) is 0 Å². The summed E-state index contributed by atoms with van der Waals surface area (Å²) >= 11 is 0. The van der Waals surface area contributed by atoms with E-state index in [1.165, 1.54) is 12.1 Å². The predicted molar refractivity (Wildman–Crippen MR) is 70.0 cm³/mol. The van der Waals surface area contributed by atoms with Crippen LogP contribution < -0.4 is 5.73 Å². The minimum atomic E-state index is -0.825. The molecular weight excluding hydrogens is 245 g/mol. The van der Waals surface area contributed by atoms with Gasteiger partial charge in [-0.05, 0) is 12.1 Å². The number of H-pyrrole nitrogens is 1. The van der Waals surface area contributed by atoms with Crippen molar-refractivity contribution in [1.29, 1.82) is 0 Å². The molecule has 19 heavy (non-hydrogen) atoms. The summed E-state index contributed by atoms with van der Waals surface area (Å²) in [4.78, 5) is 18.6. The maximum absolute atomic E-state index is 13.6. The minimum absolute atomic E-state index is 0.184. The molecule has 1 amide bonds. The zero-order chi connectivity index (χ0) is 13.4. The van der Waals surface area contributed by atoms with Crippen molar-refractivity contribution >= 4 is 16.9 Å². The highest BCUT2D eigenvalue weighted by Gasteiger charge is 2.16. The highest BCUT2D eigenvalue weighted by atomic mass is 19.1. The zero-order valence-corrected chi connectivity index (χ0v) is 9.85. The Morgan fingerprint density at radius 3 is 2.58 bits per heavy atom. The number of aromatic nitrogens is 2. The lowest BCUT2D eigenvalue weighted by Gasteiger charge is -1.98. The average Bonchev–Trinajstić information content (AvgIpc) is 2.83. The normalized spacial score (nSPS) is 10.8. The predicted octanol–water partition coefficient (Wildman–Crippen LogP) is 2.47. The Morgan fingerprint density at radius 1 is 1.16 bits per heavy atom. The molecule has 5 heteroatoms. The number of primary amides is 1. The highest BCUT2D eigenvalue weighted by Crippen LogP contribution is 2.24. The number of nitrogens with two attached hydrogens (primary N) is 1. The molecule has 4 nitrogen and oxygen atoms in total. The van der Waals surface area contributed by atoms with Gasteiger partial charge in [0.2, 0.25) is 0 Å². The second kappa shape index (κ2) is 4.20. The van der Waals surface area contributed by atoms with Crippen LogP contribution >= 0.6 is 0 Å². The number of benzene rings is 2. The highest BCUT2D eigenvalue weighted by molar-refractivity contribution is 6.04. The Balaban J connectivity index is 2.27. The second-order valence-corrected chi connectivity index (χ2v) is 4.13. The summed E-state index contributed by atoms with van der Waals surface area (Å²) in [5, 5.41) is 0. The van der Waals surface area contributed by atoms with E-state index in [0.717, 1.165) is 5.56 Å². The van der Waals surface area contributed by atoms with E-state index in [4.69, 9.17) is 5.73 Å². The number of hydrogen-bond donors (Lipinski definition) is 2. The molecular formula is C14H10FN3O. The number of carbonyl (C=O) groups excluding carboxylic acids is 1. The lowest BCUT2D eigenvalue weighted by molar-refractivity contribution is 0.0998. The van der Waals surface area contributed by atoms with E-state index in [9.17, 15) is 9.18 Å². The second-order valence-electron chi connectivity index (χ2n) is 4.13. The Kier molecular flexibility index (Phi) is 2.52. The number of hydrogen-bond acceptors (Lipinski definition) is 2. The van der Waals surface area contributed by atoms with Gasteiger partial charge >= 0.3 is 0 Å². The number of amides is 1. The van der Waals surface area contributed by atoms with Crippen LogP contribution in [0, 0.1) is 5.82 Å². The first-order chi connectivity index (χ1) is 9.16. The van der Waals surface area contributed by atoms with Crippen molar-refractivity contribution in [3.63, 3.8) is 0 Å². The van der Waals surface area contributed by atoms with Crippen LogP contribution in [0.4, 0.5) is 4.39 Å². The third-order valence-electron chi connectivity index (χ3n) is 2.90. The molecule has 0 unspecified atom stereocenters. The van der Waals surface area contributed by atoms with Crippen molar-refractivity contribution in [3.8, 4) is 11.4 Å². The van der Waals surface area contributed by atoms with Crippen LogP contribution in [0.25, 0.3) is 22.4 Å². The summed E-state index contributed by atoms with van der Waals surface area (Å²) in [7, 11) is 0. The van der Waals surface area contributed by atoms with Gasteiger partial charge in [0.05, 0.1) is 5.52 Å². The Hall–Kier alpha value is -2.69. The van der Waals surface area contributed by atoms with Gasteiger partial charge in [-0.15, -0.1) is 0 Å². The van der Waals surface area contributed by atoms with Gasteiger partial charge in [0.25, 0.3) is 5.91 Å². The van der Waals surface area contributed by atoms with Crippen molar-refractivity contribution in [3.05, 3.63) is 53.8 Å². The maximum atomic E-state index is 13.6. The Bertz CT molecular complexity index is 765. The summed E-state index contributed by atoms with van der Waals surface area (Å²) < 4.78 is 13.6. The lowest BCUT2D eigenvalue weighted by atomic mass is 10.1. The van der Waals surface area contributed by atoms with Gasteiger partial charge in [0.1, 0.15) is 22.7 Å². The van der Waals surface area contributed by atoms with Crippen molar-refractivity contribution in [2.24, 2.45) is 5.73 Å². The fourth-order valence-electron chi connectivity index (χ4n) is 2.02. The maximum Gasteiger partial charge on any atom is 0.253 e. The lowest BCUT2D eigenvalue weighted by Crippen LogP contribution is -2.13. The molecule has 0 saturated carbocycles. The van der Waals surface area contributed by atoms with E-state index < -0.39 is 11.7 Å². The first-order valence-electron chi connectivity index (χ1n) is 5.70. The van der Waals surface area contributed by atoms with E-state index in [1.807, 2.05) is 30.3 Å². The molecule has 1 heterocycles. The summed E-state index contributed by atoms with van der Waals surface area (Å²) in [5.74, 6) is -0.913. The summed E-state index contributed by atoms with van der Waals surface area (Å²) in [6.45, 7) is 0. The molecule has 1 aromatic heterocycles. The summed E-state index contributed by atoms with van der Waals surface area (Å²) in [5.41, 5.74) is 6.70. The molecule has 0 radical (unpaired) electrons. The zero-order valence-electron chi connectivity index (χ0n) is 9.85. The van der Waals surface area contributed by atoms with Gasteiger partial charge in [-0.3, -0.25) is 4.79 Å². The molecule has 0 aliphatic carbocycles. The molecule has 0 aliphatic rings. The number of carbonyl (C=O) groups is 1. The smallest absolute Gasteiger partial charge is 0.253 e. The molecule has 0 saturated heterocycles. The van der Waals surface area contributed by atoms with Crippen molar-refractivity contribution < 1.29 is 9.18 Å². The van der Waals surface area contributed by atoms with Crippen LogP contribution in [-0.4, -0.2) is 15.9 Å². The average molecular weight is 255 g/mol. The molecule has 3 aromatic rings. The summed E-state index contributed by atoms with van der Waals surface area (Å²) in [6.07, 6.45) is 0. The standard InChI is InChI=1S/C14H10FN3O/c15-9-6-7-10-12(11(9)13(16)19)18-14(17-10)8-4-2-1-3-5-8/h1-7H,(H2,16,19)(H,17,18). The van der Waals surface area contributed by atoms with Crippen LogP contribution in [-0.2, 0) is 0 Å². The molecule has 3 rings (SSSR count). The quantitative estimate of drug-likeness (QED) is 0.738. The van der Waals surface area contributed by atoms with Crippen LogP contribution in [0.2, 0.25) is 0 Å². The van der Waals surface area contributed by atoms with E-state index >= 15 is 0 Å². The molecule has 0 spiro atoms. The molecule has 0 fully saturated rings. The molecule has 3 N–H and O–H groups in total. The first kappa shape index (κ1) is 11.4. The third-order valence-corrected chi connectivity index (χ3v) is 2.90. The van der Waals surface area contributed by atoms with Gasteiger partial charge < -0.3 is 10.7 Å². The molecule has 0 atom stereocenters. The molecule has 2 aromatic carbocycles. The van der Waals surface area contributed by atoms with Crippen LogP contribution in [0.3, 0.4) is 0 Å². The van der Waals surface area contributed by atoms with Crippen molar-refractivity contribution in [1.82, 2.24) is 9.97 Å². The van der Waals surface area contributed by atoms with Crippen LogP contribution in [0.15, 0.2) is 42.5 Å². The monoisotopic (exact) mass is 255 g/mol. The van der Waals surface area contributed by atoms with Crippen molar-refractivity contribution in [2.75, 3.05) is 0 Å². The topological polar surface area (TPSA) is 71.8 Å². The van der Waals surface area contributed by atoms with E-state index in [1.54, 1.807) is 0 Å². The van der Waals surface area contributed by atoms with Gasteiger partial charge in [0, 0.05) is 5.56 Å². The number of nitrogens with one attached hydrogen (secondary N) is 1. The SMILES string of the molecule is NC(=O)c1c(F)ccc2[nH]c(-c3ccccc3)nc12. The summed E-state index contributed by atoms with van der Waals surface area (Å²) in [6, 6.07) is 12.1. The number of imidazole rings is 1. The molecule has 0 aliphatic heterocycles. The third kappa shape index (κ3) is 1.85. The number of nitrogens with zero attached hydrogens (tertiary/aromatic N) is 1. The first-order valence-corrected chi connectivity index (χ1v) is 5.70. The van der Waals surface area contributed by atoms with Gasteiger partial charge in [-0.2, -0.15) is 0 Å². The van der Waals surface area contributed by atoms with E-state index in [2.05, 4.69) is 9.97 Å². The fraction of sp³-hybridized carbons (Fsp3) is 0. The van der Waals surface area contributed by atoms with E-state index in [-0.39, 0.29) is 11.1 Å².